The molecule has 1 aliphatic rings. The van der Waals surface area contributed by atoms with E-state index in [1.165, 1.54) is 5.56 Å². The molecule has 0 saturated carbocycles. The molecule has 4 heteroatoms. The molecule has 1 atom stereocenters. The van der Waals surface area contributed by atoms with Gasteiger partial charge < -0.3 is 5.32 Å². The van der Waals surface area contributed by atoms with Crippen LogP contribution in [-0.4, -0.2) is 32.5 Å². The van der Waals surface area contributed by atoms with E-state index in [4.69, 9.17) is 0 Å². The van der Waals surface area contributed by atoms with Crippen molar-refractivity contribution in [3.63, 3.8) is 0 Å². The largest absolute Gasteiger partial charge is 0.311 e. The molecule has 0 amide bonds. The highest BCUT2D eigenvalue weighted by molar-refractivity contribution is 7.92. The Labute approximate surface area is 96.8 Å². The molecule has 1 N–H and O–H groups in total. The van der Waals surface area contributed by atoms with Gasteiger partial charge in [0.15, 0.2) is 9.84 Å². The summed E-state index contributed by atoms with van der Waals surface area (Å²) in [6.07, 6.45) is 0. The van der Waals surface area contributed by atoms with Crippen molar-refractivity contribution in [2.45, 2.75) is 18.9 Å². The first-order valence-electron chi connectivity index (χ1n) is 5.55. The summed E-state index contributed by atoms with van der Waals surface area (Å²) < 4.78 is 21.9. The maximum absolute atomic E-state index is 11.0. The van der Waals surface area contributed by atoms with E-state index in [1.54, 1.807) is 0 Å². The molecule has 1 saturated heterocycles. The first kappa shape index (κ1) is 11.6. The maximum Gasteiger partial charge on any atom is 0.153 e. The third-order valence-corrected chi connectivity index (χ3v) is 4.81. The van der Waals surface area contributed by atoms with Crippen molar-refractivity contribution in [1.29, 1.82) is 0 Å². The van der Waals surface area contributed by atoms with Crippen LogP contribution in [-0.2, 0) is 9.84 Å². The van der Waals surface area contributed by atoms with Gasteiger partial charge in [-0.05, 0) is 11.5 Å². The van der Waals surface area contributed by atoms with Gasteiger partial charge in [0.1, 0.15) is 0 Å². The van der Waals surface area contributed by atoms with Gasteiger partial charge in [0, 0.05) is 12.6 Å². The fourth-order valence-corrected chi connectivity index (χ4v) is 3.29. The molecular formula is C12H17NO2S. The van der Waals surface area contributed by atoms with Crippen molar-refractivity contribution in [1.82, 2.24) is 5.32 Å². The van der Waals surface area contributed by atoms with Crippen LogP contribution in [0.15, 0.2) is 30.3 Å². The molecule has 1 heterocycles. The van der Waals surface area contributed by atoms with E-state index in [1.807, 2.05) is 18.2 Å². The summed E-state index contributed by atoms with van der Waals surface area (Å²) in [4.78, 5) is 0. The van der Waals surface area contributed by atoms with E-state index in [2.05, 4.69) is 24.4 Å². The first-order chi connectivity index (χ1) is 7.57. The molecule has 16 heavy (non-hydrogen) atoms. The van der Waals surface area contributed by atoms with Crippen molar-refractivity contribution >= 4 is 9.84 Å². The number of sulfone groups is 1. The van der Waals surface area contributed by atoms with Gasteiger partial charge >= 0.3 is 0 Å². The molecule has 1 unspecified atom stereocenters. The van der Waals surface area contributed by atoms with Crippen LogP contribution in [0.5, 0.6) is 0 Å². The number of nitrogens with one attached hydrogen (secondary N) is 1. The Hall–Kier alpha value is -0.870. The average Bonchev–Trinajstić information content (AvgIpc) is 2.24. The monoisotopic (exact) mass is 239 g/mol. The highest BCUT2D eigenvalue weighted by atomic mass is 32.2. The summed E-state index contributed by atoms with van der Waals surface area (Å²) >= 11 is 0. The van der Waals surface area contributed by atoms with Gasteiger partial charge in [0.2, 0.25) is 0 Å². The zero-order valence-electron chi connectivity index (χ0n) is 9.39. The first-order valence-corrected chi connectivity index (χ1v) is 7.38. The molecule has 88 valence electrons. The molecule has 0 aliphatic carbocycles. The van der Waals surface area contributed by atoms with E-state index in [0.717, 1.165) is 6.54 Å². The maximum atomic E-state index is 11.0. The summed E-state index contributed by atoms with van der Waals surface area (Å²) in [5.41, 5.74) is 1.29. The molecule has 1 fully saturated rings. The van der Waals surface area contributed by atoms with E-state index in [-0.39, 0.29) is 6.04 Å². The van der Waals surface area contributed by atoms with Crippen LogP contribution in [0.4, 0.5) is 0 Å². The lowest BCUT2D eigenvalue weighted by Crippen LogP contribution is -2.51. The molecule has 1 aromatic rings. The SMILES string of the molecule is CC(CNC1CS(=O)(=O)C1)c1ccccc1. The Balaban J connectivity index is 1.79. The Morgan fingerprint density at radius 3 is 2.50 bits per heavy atom. The van der Waals surface area contributed by atoms with Crippen molar-refractivity contribution in [2.75, 3.05) is 18.1 Å². The van der Waals surface area contributed by atoms with E-state index in [9.17, 15) is 8.42 Å². The topological polar surface area (TPSA) is 46.2 Å². The van der Waals surface area contributed by atoms with Crippen LogP contribution >= 0.6 is 0 Å². The van der Waals surface area contributed by atoms with Gasteiger partial charge in [-0.25, -0.2) is 8.42 Å². The third-order valence-electron chi connectivity index (χ3n) is 2.99. The quantitative estimate of drug-likeness (QED) is 0.858. The summed E-state index contributed by atoms with van der Waals surface area (Å²) in [5.74, 6) is 1.02. The Morgan fingerprint density at radius 1 is 1.31 bits per heavy atom. The molecule has 3 nitrogen and oxygen atoms in total. The van der Waals surface area contributed by atoms with Gasteiger partial charge in [-0.15, -0.1) is 0 Å². The zero-order valence-corrected chi connectivity index (χ0v) is 10.2. The standard InChI is InChI=1S/C12H17NO2S/c1-10(11-5-3-2-4-6-11)7-13-12-8-16(14,15)9-12/h2-6,10,12-13H,7-9H2,1H3. The minimum atomic E-state index is -2.71. The Kier molecular flexibility index (Phi) is 3.30. The Bertz CT molecular complexity index is 429. The lowest BCUT2D eigenvalue weighted by atomic mass is 10.0. The minimum absolute atomic E-state index is 0.163. The Morgan fingerprint density at radius 2 is 1.94 bits per heavy atom. The molecule has 2 rings (SSSR count). The van der Waals surface area contributed by atoms with Gasteiger partial charge in [-0.1, -0.05) is 37.3 Å². The lowest BCUT2D eigenvalue weighted by molar-refractivity contribution is 0.497. The van der Waals surface area contributed by atoms with E-state index in [0.29, 0.717) is 17.4 Å². The molecule has 1 aromatic carbocycles. The number of benzene rings is 1. The summed E-state index contributed by atoms with van der Waals surface area (Å²) in [5, 5.41) is 3.29. The molecule has 0 bridgehead atoms. The second kappa shape index (κ2) is 4.55. The van der Waals surface area contributed by atoms with Crippen LogP contribution in [0.25, 0.3) is 0 Å². The fraction of sp³-hybridized carbons (Fsp3) is 0.500. The number of hydrogen-bond donors (Lipinski definition) is 1. The molecular weight excluding hydrogens is 222 g/mol. The van der Waals surface area contributed by atoms with Gasteiger partial charge in [-0.2, -0.15) is 0 Å². The second-order valence-electron chi connectivity index (χ2n) is 4.49. The van der Waals surface area contributed by atoms with Crippen LogP contribution in [0.3, 0.4) is 0 Å². The average molecular weight is 239 g/mol. The lowest BCUT2D eigenvalue weighted by Gasteiger charge is -2.28. The van der Waals surface area contributed by atoms with Crippen LogP contribution in [0.1, 0.15) is 18.4 Å². The van der Waals surface area contributed by atoms with Gasteiger partial charge in [-0.3, -0.25) is 0 Å². The van der Waals surface area contributed by atoms with Crippen molar-refractivity contribution in [3.05, 3.63) is 35.9 Å². The number of hydrogen-bond acceptors (Lipinski definition) is 3. The van der Waals surface area contributed by atoms with Crippen LogP contribution < -0.4 is 5.32 Å². The molecule has 0 spiro atoms. The minimum Gasteiger partial charge on any atom is -0.311 e. The molecule has 1 aliphatic heterocycles. The highest BCUT2D eigenvalue weighted by Gasteiger charge is 2.32. The fourth-order valence-electron chi connectivity index (χ4n) is 1.92. The predicted octanol–water partition coefficient (Wildman–Crippen LogP) is 1.18. The van der Waals surface area contributed by atoms with Crippen LogP contribution in [0, 0.1) is 0 Å². The van der Waals surface area contributed by atoms with Gasteiger partial charge in [0.25, 0.3) is 0 Å². The second-order valence-corrected chi connectivity index (χ2v) is 6.65. The summed E-state index contributed by atoms with van der Waals surface area (Å²) in [6, 6.07) is 10.4. The van der Waals surface area contributed by atoms with Crippen LogP contribution in [0.2, 0.25) is 0 Å². The molecule has 0 radical (unpaired) electrons. The summed E-state index contributed by atoms with van der Waals surface area (Å²) in [7, 11) is -2.71. The smallest absolute Gasteiger partial charge is 0.153 e. The normalized spacial score (nSPS) is 21.3. The zero-order chi connectivity index (χ0) is 11.6. The predicted molar refractivity (Wildman–Crippen MR) is 65.3 cm³/mol. The highest BCUT2D eigenvalue weighted by Crippen LogP contribution is 2.15. The summed E-state index contributed by atoms with van der Waals surface area (Å²) in [6.45, 7) is 2.99. The van der Waals surface area contributed by atoms with E-state index < -0.39 is 9.84 Å². The van der Waals surface area contributed by atoms with Gasteiger partial charge in [0.05, 0.1) is 11.5 Å². The van der Waals surface area contributed by atoms with E-state index >= 15 is 0 Å². The van der Waals surface area contributed by atoms with Crippen molar-refractivity contribution in [2.24, 2.45) is 0 Å². The van der Waals surface area contributed by atoms with Crippen molar-refractivity contribution < 1.29 is 8.42 Å². The number of rotatable bonds is 4. The van der Waals surface area contributed by atoms with Crippen molar-refractivity contribution in [3.8, 4) is 0 Å². The third kappa shape index (κ3) is 2.83. The molecule has 0 aromatic heterocycles.